The number of hydrogen-bond acceptors (Lipinski definition) is 4. The van der Waals surface area contributed by atoms with E-state index >= 15 is 0 Å². The van der Waals surface area contributed by atoms with Gasteiger partial charge in [-0.15, -0.1) is 16.2 Å². The van der Waals surface area contributed by atoms with Crippen LogP contribution in [0.3, 0.4) is 0 Å². The smallest absolute Gasteiger partial charge is 0.286 e. The van der Waals surface area contributed by atoms with Gasteiger partial charge in [-0.1, -0.05) is 72.3 Å². The molecule has 2 N–H and O–H groups in total. The van der Waals surface area contributed by atoms with Crippen molar-refractivity contribution in [3.05, 3.63) is 101 Å². The number of thioether (sulfide) groups is 1. The van der Waals surface area contributed by atoms with E-state index < -0.39 is 10.0 Å². The maximum Gasteiger partial charge on any atom is 0.286 e. The SMILES string of the molecule is Cc1cc(-c2ccccc2)n(C(N)=NS(=O)(=O)c2cc(C)c(Cl)cc2SCc2ccccc2)n1. The lowest BCUT2D eigenvalue weighted by molar-refractivity contribution is 0.595. The molecule has 0 aliphatic rings. The van der Waals surface area contributed by atoms with Crippen LogP contribution < -0.4 is 5.73 Å². The topological polar surface area (TPSA) is 90.3 Å². The predicted molar refractivity (Wildman–Crippen MR) is 139 cm³/mol. The Morgan fingerprint density at radius 2 is 1.68 bits per heavy atom. The van der Waals surface area contributed by atoms with Gasteiger partial charge in [-0.05, 0) is 43.2 Å². The molecule has 0 amide bonds. The molecular formula is C25H23ClN4O2S2. The molecule has 0 radical (unpaired) electrons. The van der Waals surface area contributed by atoms with E-state index in [4.69, 9.17) is 17.3 Å². The van der Waals surface area contributed by atoms with Gasteiger partial charge in [0.1, 0.15) is 4.90 Å². The molecule has 0 aliphatic carbocycles. The number of aromatic nitrogens is 2. The second-order valence-electron chi connectivity index (χ2n) is 7.70. The minimum Gasteiger partial charge on any atom is -0.367 e. The van der Waals surface area contributed by atoms with Crippen LogP contribution in [-0.4, -0.2) is 24.2 Å². The van der Waals surface area contributed by atoms with Gasteiger partial charge in [-0.25, -0.2) is 0 Å². The summed E-state index contributed by atoms with van der Waals surface area (Å²) in [6.07, 6.45) is 0. The average Bonchev–Trinajstić information content (AvgIpc) is 3.22. The number of rotatable bonds is 6. The fourth-order valence-electron chi connectivity index (χ4n) is 3.39. The fourth-order valence-corrected chi connectivity index (χ4v) is 6.08. The molecule has 0 bridgehead atoms. The Morgan fingerprint density at radius 1 is 1.03 bits per heavy atom. The van der Waals surface area contributed by atoms with Crippen LogP contribution in [0.4, 0.5) is 0 Å². The normalized spacial score (nSPS) is 12.1. The van der Waals surface area contributed by atoms with Crippen LogP contribution in [-0.2, 0) is 15.8 Å². The Hall–Kier alpha value is -3.07. The molecule has 1 heterocycles. The molecule has 0 saturated heterocycles. The quantitative estimate of drug-likeness (QED) is 0.205. The first-order valence-electron chi connectivity index (χ1n) is 10.4. The number of nitrogens with two attached hydrogens (primary N) is 1. The van der Waals surface area contributed by atoms with Gasteiger partial charge in [-0.3, -0.25) is 0 Å². The summed E-state index contributed by atoms with van der Waals surface area (Å²) in [5.74, 6) is 0.344. The van der Waals surface area contributed by atoms with Gasteiger partial charge in [0, 0.05) is 21.2 Å². The van der Waals surface area contributed by atoms with Crippen LogP contribution in [0.2, 0.25) is 5.02 Å². The van der Waals surface area contributed by atoms with Crippen molar-refractivity contribution in [2.24, 2.45) is 10.1 Å². The maximum atomic E-state index is 13.4. The van der Waals surface area contributed by atoms with E-state index in [1.165, 1.54) is 22.5 Å². The van der Waals surface area contributed by atoms with Crippen molar-refractivity contribution in [3.63, 3.8) is 0 Å². The van der Waals surface area contributed by atoms with Crippen LogP contribution in [0.5, 0.6) is 0 Å². The standard InChI is InChI=1S/C25H23ClN4O2S2/c1-17-13-24(23(15-21(17)26)33-16-19-9-5-3-6-10-19)34(31,32)29-25(27)30-22(14-18(2)28-30)20-11-7-4-8-12-20/h3-15H,16H2,1-2H3,(H2,27,29). The number of benzene rings is 3. The summed E-state index contributed by atoms with van der Waals surface area (Å²) in [5.41, 5.74) is 10.1. The number of aryl methyl sites for hydroxylation is 2. The van der Waals surface area contributed by atoms with Gasteiger partial charge in [0.2, 0.25) is 5.96 Å². The zero-order valence-corrected chi connectivity index (χ0v) is 21.0. The Balaban J connectivity index is 1.73. The lowest BCUT2D eigenvalue weighted by Gasteiger charge is -2.12. The van der Waals surface area contributed by atoms with E-state index in [1.54, 1.807) is 13.0 Å². The summed E-state index contributed by atoms with van der Waals surface area (Å²) < 4.78 is 32.1. The van der Waals surface area contributed by atoms with Crippen LogP contribution in [0.1, 0.15) is 16.8 Å². The number of halogens is 1. The third-order valence-electron chi connectivity index (χ3n) is 5.07. The average molecular weight is 511 g/mol. The van der Waals surface area contributed by atoms with Gasteiger partial charge in [-0.2, -0.15) is 18.2 Å². The Bertz CT molecular complexity index is 1450. The molecule has 0 unspecified atom stereocenters. The first-order valence-corrected chi connectivity index (χ1v) is 13.2. The number of hydrogen-bond donors (Lipinski definition) is 1. The van der Waals surface area contributed by atoms with Gasteiger partial charge in [0.15, 0.2) is 0 Å². The minimum absolute atomic E-state index is 0.0587. The molecule has 1 aromatic heterocycles. The van der Waals surface area contributed by atoms with E-state index in [9.17, 15) is 8.42 Å². The molecule has 4 aromatic rings. The highest BCUT2D eigenvalue weighted by Crippen LogP contribution is 2.34. The van der Waals surface area contributed by atoms with Crippen molar-refractivity contribution >= 4 is 39.3 Å². The lowest BCUT2D eigenvalue weighted by atomic mass is 10.1. The maximum absolute atomic E-state index is 13.4. The summed E-state index contributed by atoms with van der Waals surface area (Å²) in [7, 11) is -4.15. The van der Waals surface area contributed by atoms with E-state index in [0.717, 1.165) is 11.1 Å². The van der Waals surface area contributed by atoms with Crippen molar-refractivity contribution in [3.8, 4) is 11.3 Å². The molecule has 0 spiro atoms. The summed E-state index contributed by atoms with van der Waals surface area (Å²) in [4.78, 5) is 0.569. The van der Waals surface area contributed by atoms with Crippen molar-refractivity contribution in [1.29, 1.82) is 0 Å². The second-order valence-corrected chi connectivity index (χ2v) is 10.7. The van der Waals surface area contributed by atoms with E-state index in [-0.39, 0.29) is 10.9 Å². The number of nitrogens with zero attached hydrogens (tertiary/aromatic N) is 3. The minimum atomic E-state index is -4.15. The monoisotopic (exact) mass is 510 g/mol. The highest BCUT2D eigenvalue weighted by molar-refractivity contribution is 7.99. The van der Waals surface area contributed by atoms with Gasteiger partial charge < -0.3 is 5.73 Å². The molecule has 9 heteroatoms. The van der Waals surface area contributed by atoms with Crippen molar-refractivity contribution in [1.82, 2.24) is 9.78 Å². The Morgan fingerprint density at radius 3 is 2.35 bits per heavy atom. The van der Waals surface area contributed by atoms with Gasteiger partial charge in [0.25, 0.3) is 10.0 Å². The molecule has 4 rings (SSSR count). The zero-order chi connectivity index (χ0) is 24.3. The van der Waals surface area contributed by atoms with Crippen LogP contribution in [0, 0.1) is 13.8 Å². The summed E-state index contributed by atoms with van der Waals surface area (Å²) >= 11 is 7.71. The number of sulfonamides is 1. The van der Waals surface area contributed by atoms with Crippen molar-refractivity contribution in [2.45, 2.75) is 29.4 Å². The first kappa shape index (κ1) is 24.1. The van der Waals surface area contributed by atoms with Gasteiger partial charge in [0.05, 0.1) is 11.4 Å². The van der Waals surface area contributed by atoms with Crippen molar-refractivity contribution in [2.75, 3.05) is 0 Å². The zero-order valence-electron chi connectivity index (χ0n) is 18.6. The third kappa shape index (κ3) is 5.35. The summed E-state index contributed by atoms with van der Waals surface area (Å²) in [5, 5.41) is 4.85. The van der Waals surface area contributed by atoms with Crippen molar-refractivity contribution < 1.29 is 8.42 Å². The first-order chi connectivity index (χ1) is 16.2. The van der Waals surface area contributed by atoms with Crippen LogP contribution in [0.25, 0.3) is 11.3 Å². The highest BCUT2D eigenvalue weighted by atomic mass is 35.5. The fraction of sp³-hybridized carbons (Fsp3) is 0.120. The molecule has 0 atom stereocenters. The molecule has 34 heavy (non-hydrogen) atoms. The Kier molecular flexibility index (Phi) is 7.11. The largest absolute Gasteiger partial charge is 0.367 e. The van der Waals surface area contributed by atoms with Crippen LogP contribution >= 0.6 is 23.4 Å². The van der Waals surface area contributed by atoms with Crippen LogP contribution in [0.15, 0.2) is 93.1 Å². The third-order valence-corrected chi connectivity index (χ3v) is 8.06. The molecule has 0 fully saturated rings. The van der Waals surface area contributed by atoms with E-state index in [1.807, 2.05) is 73.7 Å². The van der Waals surface area contributed by atoms with Gasteiger partial charge >= 0.3 is 0 Å². The summed E-state index contributed by atoms with van der Waals surface area (Å²) in [6.45, 7) is 3.57. The predicted octanol–water partition coefficient (Wildman–Crippen LogP) is 5.66. The second kappa shape index (κ2) is 10.0. The molecular weight excluding hydrogens is 488 g/mol. The summed E-state index contributed by atoms with van der Waals surface area (Å²) in [6, 6.07) is 24.3. The molecule has 6 nitrogen and oxygen atoms in total. The van der Waals surface area contributed by atoms with E-state index in [2.05, 4.69) is 9.50 Å². The molecule has 0 saturated carbocycles. The van der Waals surface area contributed by atoms with E-state index in [0.29, 0.717) is 32.6 Å². The lowest BCUT2D eigenvalue weighted by Crippen LogP contribution is -2.26. The Labute approximate surface area is 208 Å². The highest BCUT2D eigenvalue weighted by Gasteiger charge is 2.22. The molecule has 3 aromatic carbocycles. The molecule has 0 aliphatic heterocycles. The molecule has 174 valence electrons.